The van der Waals surface area contributed by atoms with E-state index in [9.17, 15) is 9.59 Å². The van der Waals surface area contributed by atoms with Crippen LogP contribution in [0, 0.1) is 12.8 Å². The van der Waals surface area contributed by atoms with E-state index in [1.165, 1.54) is 5.56 Å². The fourth-order valence-corrected chi connectivity index (χ4v) is 3.21. The van der Waals surface area contributed by atoms with Crippen LogP contribution in [0.5, 0.6) is 0 Å². The lowest BCUT2D eigenvalue weighted by Crippen LogP contribution is -2.32. The fourth-order valence-electron chi connectivity index (χ4n) is 3.21. The Kier molecular flexibility index (Phi) is 4.88. The summed E-state index contributed by atoms with van der Waals surface area (Å²) in [7, 11) is 0. The molecule has 0 saturated carbocycles. The van der Waals surface area contributed by atoms with Crippen molar-refractivity contribution < 1.29 is 9.59 Å². The van der Waals surface area contributed by atoms with E-state index in [-0.39, 0.29) is 17.7 Å². The second kappa shape index (κ2) is 7.09. The van der Waals surface area contributed by atoms with E-state index in [1.54, 1.807) is 0 Å². The molecule has 0 saturated heterocycles. The maximum atomic E-state index is 12.3. The summed E-state index contributed by atoms with van der Waals surface area (Å²) in [6.07, 6.45) is 0.868. The minimum atomic E-state index is -0.0600. The number of anilines is 1. The summed E-state index contributed by atoms with van der Waals surface area (Å²) in [5, 5.41) is 2.98. The van der Waals surface area contributed by atoms with Gasteiger partial charge in [0.2, 0.25) is 5.91 Å². The number of rotatable bonds is 4. The molecule has 25 heavy (non-hydrogen) atoms. The molecule has 0 aliphatic carbocycles. The molecule has 0 bridgehead atoms. The molecule has 130 valence electrons. The number of aryl methyl sites for hydroxylation is 1. The van der Waals surface area contributed by atoms with Gasteiger partial charge in [-0.15, -0.1) is 0 Å². The van der Waals surface area contributed by atoms with Crippen molar-refractivity contribution in [3.8, 4) is 0 Å². The van der Waals surface area contributed by atoms with Crippen LogP contribution in [0.15, 0.2) is 42.5 Å². The second-order valence-electron chi connectivity index (χ2n) is 6.86. The number of fused-ring (bicyclic) bond motifs is 1. The van der Waals surface area contributed by atoms with Crippen LogP contribution < -0.4 is 10.2 Å². The van der Waals surface area contributed by atoms with Crippen molar-refractivity contribution in [1.82, 2.24) is 5.32 Å². The van der Waals surface area contributed by atoms with Gasteiger partial charge < -0.3 is 10.2 Å². The Balaban J connectivity index is 1.69. The van der Waals surface area contributed by atoms with E-state index in [0.29, 0.717) is 12.1 Å². The van der Waals surface area contributed by atoms with Crippen LogP contribution >= 0.6 is 0 Å². The van der Waals surface area contributed by atoms with E-state index in [2.05, 4.69) is 11.4 Å². The average Bonchev–Trinajstić information content (AvgIpc) is 3.02. The topological polar surface area (TPSA) is 49.4 Å². The summed E-state index contributed by atoms with van der Waals surface area (Å²) in [5.74, 6) is 0.105. The Morgan fingerprint density at radius 1 is 1.16 bits per heavy atom. The second-order valence-corrected chi connectivity index (χ2v) is 6.86. The molecule has 2 aromatic carbocycles. The summed E-state index contributed by atoms with van der Waals surface area (Å²) >= 11 is 0. The SMILES string of the molecule is Cc1ccccc1C(=O)NCc1ccc2c(c1)CCN2C(=O)C(C)C. The highest BCUT2D eigenvalue weighted by atomic mass is 16.2. The molecule has 1 aliphatic rings. The molecule has 3 rings (SSSR count). The Morgan fingerprint density at radius 2 is 1.92 bits per heavy atom. The highest BCUT2D eigenvalue weighted by molar-refractivity contribution is 5.97. The van der Waals surface area contributed by atoms with Crippen molar-refractivity contribution in [3.05, 3.63) is 64.7 Å². The van der Waals surface area contributed by atoms with Crippen molar-refractivity contribution in [2.24, 2.45) is 5.92 Å². The van der Waals surface area contributed by atoms with Gasteiger partial charge in [0, 0.05) is 30.3 Å². The molecule has 0 atom stereocenters. The molecular formula is C21H24N2O2. The molecule has 2 aromatic rings. The summed E-state index contributed by atoms with van der Waals surface area (Å²) in [6, 6.07) is 13.7. The monoisotopic (exact) mass is 336 g/mol. The first-order valence-corrected chi connectivity index (χ1v) is 8.74. The maximum Gasteiger partial charge on any atom is 0.251 e. The summed E-state index contributed by atoms with van der Waals surface area (Å²) < 4.78 is 0. The Labute approximate surface area is 148 Å². The number of hydrogen-bond acceptors (Lipinski definition) is 2. The van der Waals surface area contributed by atoms with Gasteiger partial charge in [0.1, 0.15) is 0 Å². The molecule has 0 unspecified atom stereocenters. The van der Waals surface area contributed by atoms with E-state index in [1.807, 2.05) is 62.1 Å². The number of amides is 2. The van der Waals surface area contributed by atoms with Crippen LogP contribution in [0.2, 0.25) is 0 Å². The average molecular weight is 336 g/mol. The minimum Gasteiger partial charge on any atom is -0.348 e. The highest BCUT2D eigenvalue weighted by Crippen LogP contribution is 2.30. The molecule has 1 heterocycles. The van der Waals surface area contributed by atoms with Gasteiger partial charge in [0.25, 0.3) is 5.91 Å². The predicted molar refractivity (Wildman–Crippen MR) is 99.7 cm³/mol. The van der Waals surface area contributed by atoms with Crippen LogP contribution in [-0.4, -0.2) is 18.4 Å². The number of nitrogens with zero attached hydrogens (tertiary/aromatic N) is 1. The van der Waals surface area contributed by atoms with Crippen molar-refractivity contribution in [2.75, 3.05) is 11.4 Å². The van der Waals surface area contributed by atoms with Crippen LogP contribution in [0.25, 0.3) is 0 Å². The molecule has 1 aliphatic heterocycles. The van der Waals surface area contributed by atoms with Gasteiger partial charge in [-0.25, -0.2) is 0 Å². The molecule has 4 heteroatoms. The van der Waals surface area contributed by atoms with E-state index < -0.39 is 0 Å². The lowest BCUT2D eigenvalue weighted by Gasteiger charge is -2.19. The Morgan fingerprint density at radius 3 is 2.64 bits per heavy atom. The minimum absolute atomic E-state index is 0.000901. The zero-order valence-corrected chi connectivity index (χ0v) is 15.0. The van der Waals surface area contributed by atoms with Gasteiger partial charge in [-0.3, -0.25) is 9.59 Å². The highest BCUT2D eigenvalue weighted by Gasteiger charge is 2.26. The van der Waals surface area contributed by atoms with Crippen LogP contribution in [0.3, 0.4) is 0 Å². The van der Waals surface area contributed by atoms with Gasteiger partial charge in [-0.2, -0.15) is 0 Å². The third-order valence-electron chi connectivity index (χ3n) is 4.64. The zero-order valence-electron chi connectivity index (χ0n) is 15.0. The van der Waals surface area contributed by atoms with Crippen molar-refractivity contribution >= 4 is 17.5 Å². The van der Waals surface area contributed by atoms with Crippen molar-refractivity contribution in [1.29, 1.82) is 0 Å². The Hall–Kier alpha value is -2.62. The lowest BCUT2D eigenvalue weighted by molar-refractivity contribution is -0.121. The zero-order chi connectivity index (χ0) is 18.0. The number of hydrogen-bond donors (Lipinski definition) is 1. The summed E-state index contributed by atoms with van der Waals surface area (Å²) in [5.41, 5.74) is 4.91. The van der Waals surface area contributed by atoms with Gasteiger partial charge in [-0.1, -0.05) is 44.2 Å². The van der Waals surface area contributed by atoms with E-state index >= 15 is 0 Å². The Bertz CT molecular complexity index is 811. The number of benzene rings is 2. The van der Waals surface area contributed by atoms with Gasteiger partial charge in [-0.05, 0) is 42.2 Å². The molecule has 4 nitrogen and oxygen atoms in total. The van der Waals surface area contributed by atoms with E-state index in [0.717, 1.165) is 29.8 Å². The quantitative estimate of drug-likeness (QED) is 0.929. The molecule has 1 N–H and O–H groups in total. The molecule has 0 spiro atoms. The van der Waals surface area contributed by atoms with E-state index in [4.69, 9.17) is 0 Å². The van der Waals surface area contributed by atoms with Gasteiger partial charge in [0.05, 0.1) is 0 Å². The maximum absolute atomic E-state index is 12.3. The summed E-state index contributed by atoms with van der Waals surface area (Å²) in [6.45, 7) is 7.01. The molecule has 0 fully saturated rings. The molecular weight excluding hydrogens is 312 g/mol. The molecule has 0 aromatic heterocycles. The first-order valence-electron chi connectivity index (χ1n) is 8.74. The third kappa shape index (κ3) is 3.58. The number of carbonyl (C=O) groups is 2. The molecule has 2 amide bonds. The van der Waals surface area contributed by atoms with Crippen molar-refractivity contribution in [3.63, 3.8) is 0 Å². The van der Waals surface area contributed by atoms with Gasteiger partial charge in [0.15, 0.2) is 0 Å². The number of carbonyl (C=O) groups excluding carboxylic acids is 2. The normalized spacial score (nSPS) is 13.0. The van der Waals surface area contributed by atoms with Gasteiger partial charge >= 0.3 is 0 Å². The fraction of sp³-hybridized carbons (Fsp3) is 0.333. The predicted octanol–water partition coefficient (Wildman–Crippen LogP) is 3.47. The first kappa shape index (κ1) is 17.2. The van der Waals surface area contributed by atoms with Crippen LogP contribution in [-0.2, 0) is 17.8 Å². The standard InChI is InChI=1S/C21H24N2O2/c1-14(2)21(25)23-11-10-17-12-16(8-9-19(17)23)13-22-20(24)18-7-5-4-6-15(18)3/h4-9,12,14H,10-11,13H2,1-3H3,(H,22,24). The first-order chi connectivity index (χ1) is 12.0. The lowest BCUT2D eigenvalue weighted by atomic mass is 10.1. The third-order valence-corrected chi connectivity index (χ3v) is 4.64. The van der Waals surface area contributed by atoms with Crippen molar-refractivity contribution in [2.45, 2.75) is 33.7 Å². The molecule has 0 radical (unpaired) electrons. The smallest absolute Gasteiger partial charge is 0.251 e. The number of nitrogens with one attached hydrogen (secondary N) is 1. The van der Waals surface area contributed by atoms with Crippen LogP contribution in [0.1, 0.15) is 40.9 Å². The largest absolute Gasteiger partial charge is 0.348 e. The van der Waals surface area contributed by atoms with Crippen LogP contribution in [0.4, 0.5) is 5.69 Å². The summed E-state index contributed by atoms with van der Waals surface area (Å²) in [4.78, 5) is 26.5.